The highest BCUT2D eigenvalue weighted by Gasteiger charge is 2.97. The van der Waals surface area contributed by atoms with E-state index in [4.69, 9.17) is 14.2 Å². The van der Waals surface area contributed by atoms with Gasteiger partial charge >= 0.3 is 5.97 Å². The third kappa shape index (κ3) is 2.32. The van der Waals surface area contributed by atoms with E-state index < -0.39 is 0 Å². The van der Waals surface area contributed by atoms with E-state index >= 15 is 0 Å². The van der Waals surface area contributed by atoms with Gasteiger partial charge in [-0.25, -0.2) is 4.79 Å². The summed E-state index contributed by atoms with van der Waals surface area (Å²) in [5, 5.41) is 0. The van der Waals surface area contributed by atoms with Crippen LogP contribution in [0.5, 0.6) is 0 Å². The predicted molar refractivity (Wildman–Crippen MR) is 123 cm³/mol. The number of hydrogen-bond acceptors (Lipinski definition) is 4. The lowest BCUT2D eigenvalue weighted by Crippen LogP contribution is -2.64. The molecule has 7 rings (SSSR count). The normalized spacial score (nSPS) is 55.4. The fourth-order valence-corrected chi connectivity index (χ4v) is 8.59. The fourth-order valence-electron chi connectivity index (χ4n) is 8.59. The Hall–Kier alpha value is -0.870. The maximum absolute atomic E-state index is 12.3. The third-order valence-electron chi connectivity index (χ3n) is 9.98. The molecule has 7 aliphatic rings. The molecule has 10 atom stereocenters. The highest BCUT2D eigenvalue weighted by molar-refractivity contribution is 5.92. The lowest BCUT2D eigenvalue weighted by atomic mass is 9.45. The van der Waals surface area contributed by atoms with Crippen LogP contribution in [0.15, 0.2) is 11.1 Å². The van der Waals surface area contributed by atoms with Gasteiger partial charge in [0.1, 0.15) is 17.8 Å². The molecular formula is C27H44O4. The average Bonchev–Trinajstić information content (AvgIpc) is 3.70. The number of ether oxygens (including phenoxy) is 3. The zero-order valence-electron chi connectivity index (χ0n) is 21.4. The van der Waals surface area contributed by atoms with Crippen molar-refractivity contribution in [3.05, 3.63) is 11.1 Å². The molecule has 0 bridgehead atoms. The van der Waals surface area contributed by atoms with Crippen LogP contribution in [-0.4, -0.2) is 36.0 Å². The summed E-state index contributed by atoms with van der Waals surface area (Å²) < 4.78 is 18.8. The molecule has 4 aliphatic carbocycles. The van der Waals surface area contributed by atoms with E-state index in [9.17, 15) is 4.79 Å². The van der Waals surface area contributed by atoms with Gasteiger partial charge in [0.05, 0.1) is 12.2 Å². The van der Waals surface area contributed by atoms with Gasteiger partial charge in [-0.2, -0.15) is 0 Å². The lowest BCUT2D eigenvalue weighted by Gasteiger charge is -2.55. The van der Waals surface area contributed by atoms with Gasteiger partial charge in [0.15, 0.2) is 0 Å². The zero-order valence-corrected chi connectivity index (χ0v) is 21.4. The minimum absolute atomic E-state index is 0.0636. The molecular weight excluding hydrogens is 388 g/mol. The lowest BCUT2D eigenvalue weighted by molar-refractivity contribution is -0.136. The molecule has 0 aromatic heterocycles. The minimum Gasteiger partial charge on any atom is -0.458 e. The minimum atomic E-state index is -0.119. The van der Waals surface area contributed by atoms with Crippen molar-refractivity contribution < 1.29 is 19.0 Å². The average molecular weight is 433 g/mol. The molecule has 4 heteroatoms. The van der Waals surface area contributed by atoms with Crippen molar-refractivity contribution in [3.63, 3.8) is 0 Å². The van der Waals surface area contributed by atoms with Crippen molar-refractivity contribution in [3.8, 4) is 0 Å². The van der Waals surface area contributed by atoms with Crippen LogP contribution in [-0.2, 0) is 19.0 Å². The van der Waals surface area contributed by atoms with E-state index in [0.717, 1.165) is 18.4 Å². The first-order valence-corrected chi connectivity index (χ1v) is 13.1. The molecule has 3 aliphatic heterocycles. The van der Waals surface area contributed by atoms with Gasteiger partial charge in [0, 0.05) is 11.0 Å². The Bertz CT molecular complexity index is 803. The Morgan fingerprint density at radius 2 is 1.58 bits per heavy atom. The second kappa shape index (κ2) is 7.06. The summed E-state index contributed by atoms with van der Waals surface area (Å²) >= 11 is 0. The summed E-state index contributed by atoms with van der Waals surface area (Å²) in [5.41, 5.74) is 2.55. The number of hydrogen-bond donors (Lipinski definition) is 0. The molecule has 2 spiro atoms. The summed E-state index contributed by atoms with van der Waals surface area (Å²) in [6.07, 6.45) is 4.04. The van der Waals surface area contributed by atoms with E-state index in [2.05, 4.69) is 27.7 Å². The fraction of sp³-hybridized carbons (Fsp3) is 0.889. The van der Waals surface area contributed by atoms with Gasteiger partial charge in [-0.15, -0.1) is 0 Å². The maximum atomic E-state index is 12.3. The quantitative estimate of drug-likeness (QED) is 0.351. The molecule has 5 fully saturated rings. The van der Waals surface area contributed by atoms with Crippen LogP contribution in [0.25, 0.3) is 0 Å². The molecule has 176 valence electrons. The van der Waals surface area contributed by atoms with Crippen LogP contribution >= 0.6 is 0 Å². The molecule has 0 aromatic rings. The van der Waals surface area contributed by atoms with Crippen LogP contribution < -0.4 is 0 Å². The first-order valence-electron chi connectivity index (χ1n) is 13.1. The zero-order chi connectivity index (χ0) is 23.1. The summed E-state index contributed by atoms with van der Waals surface area (Å²) in [6, 6.07) is 0. The van der Waals surface area contributed by atoms with Crippen LogP contribution in [0.1, 0.15) is 88.5 Å². The SMILES string of the molecule is CC.CC.CC.CC1C[C@@]2(C)[C@@H](C[C@@H]3O[C@@]34C(C)[C@@]3(C)C[C@H]3[C@@H]3O[C@]324)C2=C1C(=O)OC2. The van der Waals surface area contributed by atoms with Gasteiger partial charge in [-0.3, -0.25) is 0 Å². The topological polar surface area (TPSA) is 51.4 Å². The first kappa shape index (κ1) is 23.3. The largest absolute Gasteiger partial charge is 0.458 e. The van der Waals surface area contributed by atoms with Crippen molar-refractivity contribution in [2.24, 2.45) is 34.5 Å². The van der Waals surface area contributed by atoms with E-state index in [1.807, 2.05) is 41.5 Å². The van der Waals surface area contributed by atoms with Gasteiger partial charge in [-0.05, 0) is 53.9 Å². The number of epoxide rings is 2. The van der Waals surface area contributed by atoms with Crippen LogP contribution in [0.2, 0.25) is 0 Å². The number of cyclic esters (lactones) is 1. The Morgan fingerprint density at radius 1 is 0.935 bits per heavy atom. The van der Waals surface area contributed by atoms with Crippen LogP contribution in [0.4, 0.5) is 0 Å². The molecule has 0 amide bonds. The summed E-state index contributed by atoms with van der Waals surface area (Å²) in [6.45, 7) is 22.0. The molecule has 3 heterocycles. The second-order valence-electron chi connectivity index (χ2n) is 10.5. The van der Waals surface area contributed by atoms with Crippen molar-refractivity contribution >= 4 is 5.97 Å². The van der Waals surface area contributed by atoms with E-state index in [1.165, 1.54) is 12.0 Å². The monoisotopic (exact) mass is 432 g/mol. The smallest absolute Gasteiger partial charge is 0.334 e. The predicted octanol–water partition coefficient (Wildman–Crippen LogP) is 5.94. The van der Waals surface area contributed by atoms with Gasteiger partial charge < -0.3 is 14.2 Å². The highest BCUT2D eigenvalue weighted by atomic mass is 16.7. The molecule has 0 N–H and O–H groups in total. The molecule has 31 heavy (non-hydrogen) atoms. The summed E-state index contributed by atoms with van der Waals surface area (Å²) in [5.74, 6) is 1.85. The highest BCUT2D eigenvalue weighted by Crippen LogP contribution is 2.87. The van der Waals surface area contributed by atoms with Crippen molar-refractivity contribution in [2.75, 3.05) is 6.61 Å². The van der Waals surface area contributed by atoms with Gasteiger partial charge in [-0.1, -0.05) is 69.2 Å². The van der Waals surface area contributed by atoms with E-state index in [0.29, 0.717) is 42.0 Å². The number of carbonyl (C=O) groups is 1. The Balaban J connectivity index is 0.000000358. The van der Waals surface area contributed by atoms with Crippen molar-refractivity contribution in [1.82, 2.24) is 0 Å². The molecule has 0 radical (unpaired) electrons. The third-order valence-corrected chi connectivity index (χ3v) is 9.98. The molecule has 2 saturated heterocycles. The van der Waals surface area contributed by atoms with E-state index in [1.54, 1.807) is 0 Å². The van der Waals surface area contributed by atoms with Crippen LogP contribution in [0, 0.1) is 34.5 Å². The van der Waals surface area contributed by atoms with E-state index in [-0.39, 0.29) is 28.5 Å². The maximum Gasteiger partial charge on any atom is 0.334 e. The Morgan fingerprint density at radius 3 is 2.23 bits per heavy atom. The molecule has 4 nitrogen and oxygen atoms in total. The number of carbonyl (C=O) groups excluding carboxylic acids is 1. The van der Waals surface area contributed by atoms with Crippen molar-refractivity contribution in [1.29, 1.82) is 0 Å². The number of rotatable bonds is 0. The molecule has 2 unspecified atom stereocenters. The molecule has 3 saturated carbocycles. The summed E-state index contributed by atoms with van der Waals surface area (Å²) in [7, 11) is 0. The number of fused-ring (bicyclic) bond motifs is 4. The standard InChI is InChI=1S/C21H26O4.3C2H6/c1-9-6-19(4)12(11-8-23-17(22)15(9)11)5-14-20(24-14)10(2)18(3)7-13(18)16-21(19,20)25-16;3*1-2/h9-10,12-14,16H,5-8H2,1-4H3;3*1-2H3/t9?,10?,12-,13-,14-,16-,18+,19-,20-,21+;;;/m0.../s1. The second-order valence-corrected chi connectivity index (χ2v) is 10.5. The Kier molecular flexibility index (Phi) is 5.31. The van der Waals surface area contributed by atoms with Gasteiger partial charge in [0.25, 0.3) is 0 Å². The Labute approximate surface area is 189 Å². The first-order chi connectivity index (χ1) is 14.8. The van der Waals surface area contributed by atoms with Crippen LogP contribution in [0.3, 0.4) is 0 Å². The molecule has 0 aromatic carbocycles. The van der Waals surface area contributed by atoms with Gasteiger partial charge in [0.2, 0.25) is 0 Å². The van der Waals surface area contributed by atoms with Crippen molar-refractivity contribution in [2.45, 2.75) is 112 Å². The number of esters is 1. The summed E-state index contributed by atoms with van der Waals surface area (Å²) in [4.78, 5) is 12.3.